The Morgan fingerprint density at radius 3 is 2.38 bits per heavy atom. The first-order valence-corrected chi connectivity index (χ1v) is 9.75. The summed E-state index contributed by atoms with van der Waals surface area (Å²) < 4.78 is 12.9. The molecule has 2 rings (SSSR count). The highest BCUT2D eigenvalue weighted by Gasteiger charge is 2.17. The fraction of sp³-hybridized carbons (Fsp3) is 0.250. The van der Waals surface area contributed by atoms with Crippen molar-refractivity contribution in [3.05, 3.63) is 68.6 Å². The summed E-state index contributed by atoms with van der Waals surface area (Å²) in [4.78, 5) is 11.1. The lowest BCUT2D eigenvalue weighted by atomic mass is 10.1. The molecule has 1 N–H and O–H groups in total. The van der Waals surface area contributed by atoms with Gasteiger partial charge in [0, 0.05) is 22.0 Å². The van der Waals surface area contributed by atoms with E-state index in [1.807, 2.05) is 54.6 Å². The lowest BCUT2D eigenvalue weighted by Gasteiger charge is -2.12. The number of carboxylic acid groups (broad SMARTS) is 1. The van der Waals surface area contributed by atoms with E-state index >= 15 is 0 Å². The summed E-state index contributed by atoms with van der Waals surface area (Å²) in [5.41, 5.74) is 1.97. The summed E-state index contributed by atoms with van der Waals surface area (Å²) in [5, 5.41) is 9.13. The third-order valence-corrected chi connectivity index (χ3v) is 4.44. The number of carbonyl (C=O) groups is 1. The van der Waals surface area contributed by atoms with Crippen molar-refractivity contribution in [2.45, 2.75) is 19.4 Å². The fourth-order valence-corrected chi connectivity index (χ4v) is 3.68. The van der Waals surface area contributed by atoms with Crippen LogP contribution < -0.4 is 4.74 Å². The number of halogens is 2. The van der Waals surface area contributed by atoms with Gasteiger partial charge >= 0.3 is 5.97 Å². The molecular formula is C20H20Br2O4. The summed E-state index contributed by atoms with van der Waals surface area (Å²) in [6.45, 7) is 2.60. The monoisotopic (exact) mass is 482 g/mol. The van der Waals surface area contributed by atoms with E-state index in [0.717, 1.165) is 25.8 Å². The van der Waals surface area contributed by atoms with Crippen LogP contribution in [0, 0.1) is 0 Å². The second kappa shape index (κ2) is 10.5. The molecule has 0 unspecified atom stereocenters. The summed E-state index contributed by atoms with van der Waals surface area (Å²) >= 11 is 6.92. The van der Waals surface area contributed by atoms with Crippen LogP contribution >= 0.6 is 31.9 Å². The molecule has 0 spiro atoms. The van der Waals surface area contributed by atoms with Crippen molar-refractivity contribution in [3.8, 4) is 5.75 Å². The van der Waals surface area contributed by atoms with Gasteiger partial charge in [-0.2, -0.15) is 0 Å². The molecule has 138 valence electrons. The minimum absolute atomic E-state index is 0.334. The predicted molar refractivity (Wildman–Crippen MR) is 110 cm³/mol. The summed E-state index contributed by atoms with van der Waals surface area (Å²) in [6.07, 6.45) is 3.45. The largest absolute Gasteiger partial charge is 0.490 e. The summed E-state index contributed by atoms with van der Waals surface area (Å²) in [7, 11) is 0. The van der Waals surface area contributed by atoms with Crippen LogP contribution in [0.2, 0.25) is 0 Å². The lowest BCUT2D eigenvalue weighted by Crippen LogP contribution is -2.26. The molecule has 0 heterocycles. The van der Waals surface area contributed by atoms with Crippen molar-refractivity contribution < 1.29 is 19.4 Å². The van der Waals surface area contributed by atoms with E-state index in [4.69, 9.17) is 14.6 Å². The second-order valence-corrected chi connectivity index (χ2v) is 7.38. The van der Waals surface area contributed by atoms with Crippen LogP contribution in [0.1, 0.15) is 18.1 Å². The highest BCUT2D eigenvalue weighted by atomic mass is 79.9. The van der Waals surface area contributed by atoms with Gasteiger partial charge in [-0.1, -0.05) is 50.1 Å². The molecule has 26 heavy (non-hydrogen) atoms. The SMILES string of the molecule is CCO[C@@H](Cc1ccc(OCC=Cc2cc(Br)cc(Br)c2)cc1)C(=O)O. The van der Waals surface area contributed by atoms with Gasteiger partial charge in [-0.05, 0) is 54.5 Å². The van der Waals surface area contributed by atoms with Gasteiger partial charge < -0.3 is 14.6 Å². The first-order valence-electron chi connectivity index (χ1n) is 8.16. The van der Waals surface area contributed by atoms with Gasteiger partial charge in [0.05, 0.1) is 0 Å². The van der Waals surface area contributed by atoms with Crippen molar-refractivity contribution in [3.63, 3.8) is 0 Å². The van der Waals surface area contributed by atoms with Crippen molar-refractivity contribution in [1.82, 2.24) is 0 Å². The van der Waals surface area contributed by atoms with Crippen LogP contribution in [-0.4, -0.2) is 30.4 Å². The average Bonchev–Trinajstić information content (AvgIpc) is 2.59. The minimum Gasteiger partial charge on any atom is -0.490 e. The molecule has 0 aliphatic heterocycles. The molecule has 6 heteroatoms. The van der Waals surface area contributed by atoms with E-state index in [2.05, 4.69) is 31.9 Å². The van der Waals surface area contributed by atoms with Crippen LogP contribution in [-0.2, 0) is 16.0 Å². The van der Waals surface area contributed by atoms with Crippen molar-refractivity contribution >= 4 is 43.9 Å². The highest BCUT2D eigenvalue weighted by molar-refractivity contribution is 9.11. The summed E-state index contributed by atoms with van der Waals surface area (Å²) in [6, 6.07) is 13.4. The van der Waals surface area contributed by atoms with Gasteiger partial charge in [-0.25, -0.2) is 4.79 Å². The Morgan fingerprint density at radius 1 is 1.15 bits per heavy atom. The third kappa shape index (κ3) is 6.94. The maximum atomic E-state index is 11.1. The molecule has 2 aromatic carbocycles. The Kier molecular flexibility index (Phi) is 8.35. The van der Waals surface area contributed by atoms with Crippen LogP contribution in [0.5, 0.6) is 5.75 Å². The fourth-order valence-electron chi connectivity index (χ4n) is 2.35. The van der Waals surface area contributed by atoms with Crippen molar-refractivity contribution in [2.24, 2.45) is 0 Å². The summed E-state index contributed by atoms with van der Waals surface area (Å²) in [5.74, 6) is -0.214. The molecule has 0 saturated carbocycles. The minimum atomic E-state index is -0.948. The van der Waals surface area contributed by atoms with Gasteiger partial charge in [-0.15, -0.1) is 0 Å². The molecule has 0 amide bonds. The Balaban J connectivity index is 1.87. The second-order valence-electron chi connectivity index (χ2n) is 5.55. The van der Waals surface area contributed by atoms with Gasteiger partial charge in [0.1, 0.15) is 12.4 Å². The van der Waals surface area contributed by atoms with Crippen molar-refractivity contribution in [1.29, 1.82) is 0 Å². The van der Waals surface area contributed by atoms with E-state index in [0.29, 0.717) is 19.6 Å². The van der Waals surface area contributed by atoms with E-state index in [9.17, 15) is 4.79 Å². The number of rotatable bonds is 9. The molecule has 1 atom stereocenters. The molecule has 4 nitrogen and oxygen atoms in total. The topological polar surface area (TPSA) is 55.8 Å². The Hall–Kier alpha value is -1.63. The standard InChI is InChI=1S/C20H20Br2O4/c1-2-25-19(20(23)24)12-14-5-7-18(8-6-14)26-9-3-4-15-10-16(21)13-17(22)11-15/h3-8,10-11,13,19H,2,9,12H2,1H3,(H,23,24)/t19-/m0/s1. The van der Waals surface area contributed by atoms with E-state index in [-0.39, 0.29) is 0 Å². The number of ether oxygens (including phenoxy) is 2. The van der Waals surface area contributed by atoms with Crippen LogP contribution in [0.4, 0.5) is 0 Å². The van der Waals surface area contributed by atoms with Gasteiger partial charge in [0.15, 0.2) is 6.10 Å². The zero-order valence-corrected chi connectivity index (χ0v) is 17.5. The molecule has 0 fully saturated rings. The number of hydrogen-bond acceptors (Lipinski definition) is 3. The van der Waals surface area contributed by atoms with Crippen LogP contribution in [0.3, 0.4) is 0 Å². The maximum absolute atomic E-state index is 11.1. The van der Waals surface area contributed by atoms with Gasteiger partial charge in [0.2, 0.25) is 0 Å². The molecular weight excluding hydrogens is 464 g/mol. The van der Waals surface area contributed by atoms with Gasteiger partial charge in [-0.3, -0.25) is 0 Å². The van der Waals surface area contributed by atoms with Gasteiger partial charge in [0.25, 0.3) is 0 Å². The Bertz CT molecular complexity index is 737. The molecule has 2 aromatic rings. The number of hydrogen-bond donors (Lipinski definition) is 1. The third-order valence-electron chi connectivity index (χ3n) is 3.53. The number of carboxylic acids is 1. The lowest BCUT2D eigenvalue weighted by molar-refractivity contribution is -0.149. The average molecular weight is 484 g/mol. The van der Waals surface area contributed by atoms with Crippen molar-refractivity contribution in [2.75, 3.05) is 13.2 Å². The Morgan fingerprint density at radius 2 is 1.81 bits per heavy atom. The quantitative estimate of drug-likeness (QED) is 0.523. The van der Waals surface area contributed by atoms with E-state index < -0.39 is 12.1 Å². The molecule has 0 aliphatic rings. The highest BCUT2D eigenvalue weighted by Crippen LogP contribution is 2.21. The zero-order valence-electron chi connectivity index (χ0n) is 14.3. The predicted octanol–water partition coefficient (Wildman–Crippen LogP) is 5.34. The van der Waals surface area contributed by atoms with Crippen LogP contribution in [0.15, 0.2) is 57.5 Å². The molecule has 0 aliphatic carbocycles. The smallest absolute Gasteiger partial charge is 0.333 e. The molecule has 0 bridgehead atoms. The maximum Gasteiger partial charge on any atom is 0.333 e. The zero-order chi connectivity index (χ0) is 18.9. The first-order chi connectivity index (χ1) is 12.5. The molecule has 0 aromatic heterocycles. The number of benzene rings is 2. The van der Waals surface area contributed by atoms with E-state index in [1.54, 1.807) is 6.92 Å². The normalized spacial score (nSPS) is 12.3. The number of aliphatic carboxylic acids is 1. The Labute approximate surface area is 170 Å². The van der Waals surface area contributed by atoms with Crippen LogP contribution in [0.25, 0.3) is 6.08 Å². The molecule has 0 saturated heterocycles. The first kappa shape index (κ1) is 20.7. The molecule has 0 radical (unpaired) electrons. The van der Waals surface area contributed by atoms with E-state index in [1.165, 1.54) is 0 Å².